The van der Waals surface area contributed by atoms with Crippen molar-refractivity contribution in [1.29, 1.82) is 0 Å². The van der Waals surface area contributed by atoms with E-state index in [1.807, 2.05) is 6.92 Å². The SMILES string of the molecule is CC=C=CCC(C)(C)C(=O)OC=CCC(=O)O. The van der Waals surface area contributed by atoms with Gasteiger partial charge in [0.25, 0.3) is 0 Å². The number of esters is 1. The molecule has 1 N–H and O–H groups in total. The van der Waals surface area contributed by atoms with Gasteiger partial charge in [0.2, 0.25) is 0 Å². The first-order valence-electron chi connectivity index (χ1n) is 5.33. The predicted molar refractivity (Wildman–Crippen MR) is 64.2 cm³/mol. The van der Waals surface area contributed by atoms with Crippen LogP contribution < -0.4 is 0 Å². The van der Waals surface area contributed by atoms with Crippen molar-refractivity contribution in [3.8, 4) is 0 Å². The maximum atomic E-state index is 11.6. The summed E-state index contributed by atoms with van der Waals surface area (Å²) >= 11 is 0. The van der Waals surface area contributed by atoms with Crippen LogP contribution in [0.15, 0.2) is 30.2 Å². The summed E-state index contributed by atoms with van der Waals surface area (Å²) in [5, 5.41) is 8.37. The number of allylic oxidation sites excluding steroid dienone is 1. The summed E-state index contributed by atoms with van der Waals surface area (Å²) in [6, 6.07) is 0. The Bertz CT molecular complexity index is 358. The third-order valence-corrected chi connectivity index (χ3v) is 2.01. The second-order valence-electron chi connectivity index (χ2n) is 4.12. The third kappa shape index (κ3) is 7.14. The van der Waals surface area contributed by atoms with Crippen LogP contribution in [-0.4, -0.2) is 17.0 Å². The number of rotatable bonds is 6. The van der Waals surface area contributed by atoms with Gasteiger partial charge >= 0.3 is 11.9 Å². The van der Waals surface area contributed by atoms with Crippen molar-refractivity contribution in [3.63, 3.8) is 0 Å². The molecule has 0 aromatic carbocycles. The fourth-order valence-corrected chi connectivity index (χ4v) is 0.934. The maximum Gasteiger partial charge on any atom is 0.316 e. The number of hydrogen-bond acceptors (Lipinski definition) is 3. The zero-order chi connectivity index (χ0) is 13.3. The van der Waals surface area contributed by atoms with Crippen LogP contribution in [-0.2, 0) is 14.3 Å². The lowest BCUT2D eigenvalue weighted by atomic mass is 9.89. The number of aliphatic carboxylic acids is 1. The zero-order valence-corrected chi connectivity index (χ0v) is 10.4. The van der Waals surface area contributed by atoms with Gasteiger partial charge in [0.15, 0.2) is 0 Å². The van der Waals surface area contributed by atoms with Crippen LogP contribution in [0, 0.1) is 5.41 Å². The first-order chi connectivity index (χ1) is 7.90. The molecule has 0 atom stereocenters. The largest absolute Gasteiger partial charge is 0.481 e. The number of carbonyl (C=O) groups is 2. The third-order valence-electron chi connectivity index (χ3n) is 2.01. The van der Waals surface area contributed by atoms with Crippen molar-refractivity contribution < 1.29 is 19.4 Å². The topological polar surface area (TPSA) is 63.6 Å². The Morgan fingerprint density at radius 1 is 1.41 bits per heavy atom. The van der Waals surface area contributed by atoms with Gasteiger partial charge < -0.3 is 9.84 Å². The molecule has 0 rings (SSSR count). The first kappa shape index (κ1) is 15.2. The molecule has 0 aliphatic rings. The highest BCUT2D eigenvalue weighted by Crippen LogP contribution is 2.22. The molecule has 0 radical (unpaired) electrons. The molecule has 0 aliphatic carbocycles. The van der Waals surface area contributed by atoms with Gasteiger partial charge in [-0.2, -0.15) is 0 Å². The normalized spacial score (nSPS) is 10.8. The Kier molecular flexibility index (Phi) is 6.68. The Balaban J connectivity index is 4.24. The van der Waals surface area contributed by atoms with E-state index in [0.717, 1.165) is 6.26 Å². The number of carboxylic acid groups (broad SMARTS) is 1. The van der Waals surface area contributed by atoms with E-state index in [1.54, 1.807) is 26.0 Å². The molecule has 0 saturated heterocycles. The summed E-state index contributed by atoms with van der Waals surface area (Å²) in [6.07, 6.45) is 6.29. The molecule has 94 valence electrons. The standard InChI is InChI=1S/C13H18O4/c1-4-5-6-9-13(2,3)12(16)17-10-7-8-11(14)15/h4,6-7,10H,8-9H2,1-3H3,(H,14,15). The second-order valence-corrected chi connectivity index (χ2v) is 4.12. The second kappa shape index (κ2) is 7.47. The Labute approximate surface area is 101 Å². The highest BCUT2D eigenvalue weighted by Gasteiger charge is 2.27. The summed E-state index contributed by atoms with van der Waals surface area (Å²) in [5.74, 6) is -1.36. The smallest absolute Gasteiger partial charge is 0.316 e. The van der Waals surface area contributed by atoms with Crippen molar-refractivity contribution in [3.05, 3.63) is 30.2 Å². The minimum Gasteiger partial charge on any atom is -0.481 e. The molecule has 0 saturated carbocycles. The van der Waals surface area contributed by atoms with E-state index in [2.05, 4.69) is 5.73 Å². The molecular weight excluding hydrogens is 220 g/mol. The summed E-state index contributed by atoms with van der Waals surface area (Å²) in [6.45, 7) is 5.36. The van der Waals surface area contributed by atoms with Gasteiger partial charge in [-0.1, -0.05) is 0 Å². The molecule has 0 aliphatic heterocycles. The summed E-state index contributed by atoms with van der Waals surface area (Å²) in [4.78, 5) is 21.8. The number of carbonyl (C=O) groups excluding carboxylic acids is 1. The van der Waals surface area contributed by atoms with E-state index >= 15 is 0 Å². The Hall–Kier alpha value is -1.80. The molecule has 4 nitrogen and oxygen atoms in total. The van der Waals surface area contributed by atoms with Gasteiger partial charge in [-0.3, -0.25) is 9.59 Å². The fourth-order valence-electron chi connectivity index (χ4n) is 0.934. The minimum atomic E-state index is -0.965. The van der Waals surface area contributed by atoms with E-state index in [9.17, 15) is 9.59 Å². The molecule has 0 spiro atoms. The van der Waals surface area contributed by atoms with Gasteiger partial charge in [-0.15, -0.1) is 5.73 Å². The van der Waals surface area contributed by atoms with Gasteiger partial charge in [0, 0.05) is 0 Å². The Morgan fingerprint density at radius 3 is 2.59 bits per heavy atom. The fraction of sp³-hybridized carbons (Fsp3) is 0.462. The van der Waals surface area contributed by atoms with Crippen LogP contribution in [0.1, 0.15) is 33.6 Å². The van der Waals surface area contributed by atoms with Crippen LogP contribution in [0.4, 0.5) is 0 Å². The van der Waals surface area contributed by atoms with Crippen LogP contribution in [0.25, 0.3) is 0 Å². The lowest BCUT2D eigenvalue weighted by molar-refractivity contribution is -0.148. The molecular formula is C13H18O4. The van der Waals surface area contributed by atoms with Crippen molar-refractivity contribution >= 4 is 11.9 Å². The number of hydrogen-bond donors (Lipinski definition) is 1. The van der Waals surface area contributed by atoms with Gasteiger partial charge in [0.05, 0.1) is 18.1 Å². The zero-order valence-electron chi connectivity index (χ0n) is 10.4. The highest BCUT2D eigenvalue weighted by molar-refractivity contribution is 5.76. The van der Waals surface area contributed by atoms with Crippen molar-refractivity contribution in [2.24, 2.45) is 5.41 Å². The van der Waals surface area contributed by atoms with E-state index in [0.29, 0.717) is 6.42 Å². The van der Waals surface area contributed by atoms with Gasteiger partial charge in [-0.25, -0.2) is 0 Å². The highest BCUT2D eigenvalue weighted by atomic mass is 16.5. The average Bonchev–Trinajstić information content (AvgIpc) is 2.24. The molecule has 0 fully saturated rings. The molecule has 0 heterocycles. The predicted octanol–water partition coefficient (Wildman–Crippen LogP) is 2.67. The Morgan fingerprint density at radius 2 is 2.06 bits per heavy atom. The summed E-state index contributed by atoms with van der Waals surface area (Å²) in [5.41, 5.74) is 2.24. The molecule has 4 heteroatoms. The first-order valence-corrected chi connectivity index (χ1v) is 5.33. The van der Waals surface area contributed by atoms with E-state index in [4.69, 9.17) is 9.84 Å². The average molecular weight is 238 g/mol. The van der Waals surface area contributed by atoms with E-state index in [1.165, 1.54) is 6.08 Å². The lowest BCUT2D eigenvalue weighted by Crippen LogP contribution is -2.24. The van der Waals surface area contributed by atoms with Crippen LogP contribution in [0.5, 0.6) is 0 Å². The molecule has 17 heavy (non-hydrogen) atoms. The maximum absolute atomic E-state index is 11.6. The van der Waals surface area contributed by atoms with Crippen molar-refractivity contribution in [1.82, 2.24) is 0 Å². The number of ether oxygens (including phenoxy) is 1. The van der Waals surface area contributed by atoms with E-state index in [-0.39, 0.29) is 6.42 Å². The summed E-state index contributed by atoms with van der Waals surface area (Å²) < 4.78 is 4.85. The van der Waals surface area contributed by atoms with Crippen LogP contribution >= 0.6 is 0 Å². The molecule has 0 aromatic rings. The van der Waals surface area contributed by atoms with Crippen LogP contribution in [0.3, 0.4) is 0 Å². The molecule has 0 bridgehead atoms. The molecule has 0 aromatic heterocycles. The molecule has 0 amide bonds. The molecule has 0 unspecified atom stereocenters. The van der Waals surface area contributed by atoms with Gasteiger partial charge in [0.1, 0.15) is 0 Å². The monoisotopic (exact) mass is 238 g/mol. The van der Waals surface area contributed by atoms with Crippen molar-refractivity contribution in [2.75, 3.05) is 0 Å². The minimum absolute atomic E-state index is 0.161. The van der Waals surface area contributed by atoms with E-state index < -0.39 is 17.4 Å². The van der Waals surface area contributed by atoms with Crippen molar-refractivity contribution in [2.45, 2.75) is 33.6 Å². The van der Waals surface area contributed by atoms with Crippen LogP contribution in [0.2, 0.25) is 0 Å². The number of carboxylic acids is 1. The summed E-state index contributed by atoms with van der Waals surface area (Å²) in [7, 11) is 0. The quantitative estimate of drug-likeness (QED) is 0.439. The lowest BCUT2D eigenvalue weighted by Gasteiger charge is -2.18. The van der Waals surface area contributed by atoms with Gasteiger partial charge in [-0.05, 0) is 45.4 Å².